The average molecular weight is 292 g/mol. The maximum atomic E-state index is 11.0. The summed E-state index contributed by atoms with van der Waals surface area (Å²) in [5.74, 6) is -0.163. The van der Waals surface area contributed by atoms with Crippen LogP contribution in [0.5, 0.6) is 0 Å². The van der Waals surface area contributed by atoms with Crippen molar-refractivity contribution in [2.45, 2.75) is 59.0 Å². The molecule has 0 saturated heterocycles. The topological polar surface area (TPSA) is 46.5 Å². The maximum absolute atomic E-state index is 11.0. The first-order chi connectivity index (χ1) is 9.81. The fourth-order valence-corrected chi connectivity index (χ4v) is 2.18. The number of hydrogen-bond donors (Lipinski definition) is 1. The number of methoxy groups -OCH3 is 1. The second-order valence-corrected chi connectivity index (χ2v) is 6.79. The van der Waals surface area contributed by atoms with Gasteiger partial charge in [0.1, 0.15) is 0 Å². The van der Waals surface area contributed by atoms with Gasteiger partial charge in [-0.2, -0.15) is 0 Å². The lowest BCUT2D eigenvalue weighted by Crippen LogP contribution is -2.08. The number of rotatable bonds is 7. The maximum Gasteiger partial charge on any atom is 0.305 e. The van der Waals surface area contributed by atoms with Gasteiger partial charge in [-0.1, -0.05) is 45.0 Å². The van der Waals surface area contributed by atoms with E-state index in [1.54, 1.807) is 0 Å². The zero-order chi connectivity index (χ0) is 15.9. The second-order valence-electron chi connectivity index (χ2n) is 6.79. The van der Waals surface area contributed by atoms with Gasteiger partial charge in [-0.25, -0.2) is 0 Å². The van der Waals surface area contributed by atoms with Gasteiger partial charge in [0.2, 0.25) is 0 Å². The zero-order valence-corrected chi connectivity index (χ0v) is 13.7. The van der Waals surface area contributed by atoms with Gasteiger partial charge in [0, 0.05) is 6.42 Å². The Bertz CT molecular complexity index is 429. The third-order valence-corrected chi connectivity index (χ3v) is 3.61. The Balaban J connectivity index is 2.44. The van der Waals surface area contributed by atoms with Crippen LogP contribution < -0.4 is 0 Å². The van der Waals surface area contributed by atoms with Crippen molar-refractivity contribution in [1.29, 1.82) is 0 Å². The molecule has 0 amide bonds. The molecule has 1 atom stereocenters. The fraction of sp³-hybridized carbons (Fsp3) is 0.611. The molecule has 0 heterocycles. The zero-order valence-electron chi connectivity index (χ0n) is 13.7. The van der Waals surface area contributed by atoms with Gasteiger partial charge in [0.05, 0.1) is 13.2 Å². The largest absolute Gasteiger partial charge is 0.469 e. The van der Waals surface area contributed by atoms with Gasteiger partial charge in [-0.15, -0.1) is 0 Å². The van der Waals surface area contributed by atoms with Crippen LogP contribution in [0, 0.1) is 5.41 Å². The van der Waals surface area contributed by atoms with Crippen molar-refractivity contribution in [3.05, 3.63) is 35.4 Å². The SMILES string of the molecule is COC(=O)CCCc1ccc(C(O)CCC(C)(C)C)cc1. The number of aliphatic hydroxyl groups is 1. The summed E-state index contributed by atoms with van der Waals surface area (Å²) in [7, 11) is 1.41. The third-order valence-electron chi connectivity index (χ3n) is 3.61. The highest BCUT2D eigenvalue weighted by molar-refractivity contribution is 5.69. The molecule has 3 nitrogen and oxygen atoms in total. The highest BCUT2D eigenvalue weighted by atomic mass is 16.5. The number of esters is 1. The molecular weight excluding hydrogens is 264 g/mol. The molecular formula is C18H28O3. The third kappa shape index (κ3) is 7.28. The first-order valence-electron chi connectivity index (χ1n) is 7.65. The number of hydrogen-bond acceptors (Lipinski definition) is 3. The minimum absolute atomic E-state index is 0.163. The summed E-state index contributed by atoms with van der Waals surface area (Å²) in [5, 5.41) is 10.2. The number of ether oxygens (including phenoxy) is 1. The molecule has 0 saturated carbocycles. The van der Waals surface area contributed by atoms with Crippen molar-refractivity contribution in [3.8, 4) is 0 Å². The minimum atomic E-state index is -0.395. The Morgan fingerprint density at radius 3 is 2.38 bits per heavy atom. The molecule has 0 fully saturated rings. The van der Waals surface area contributed by atoms with Crippen molar-refractivity contribution in [3.63, 3.8) is 0 Å². The van der Waals surface area contributed by atoms with E-state index in [4.69, 9.17) is 0 Å². The molecule has 118 valence electrons. The number of benzene rings is 1. The van der Waals surface area contributed by atoms with Gasteiger partial charge >= 0.3 is 5.97 Å². The standard InChI is InChI=1S/C18H28O3/c1-18(2,3)13-12-16(19)15-10-8-14(9-11-15)6-5-7-17(20)21-4/h8-11,16,19H,5-7,12-13H2,1-4H3. The molecule has 1 aromatic carbocycles. The number of aliphatic hydroxyl groups excluding tert-OH is 1. The summed E-state index contributed by atoms with van der Waals surface area (Å²) in [5.41, 5.74) is 2.40. The molecule has 1 N–H and O–H groups in total. The highest BCUT2D eigenvalue weighted by Crippen LogP contribution is 2.27. The first-order valence-corrected chi connectivity index (χ1v) is 7.65. The Labute approximate surface area is 128 Å². The predicted molar refractivity (Wildman–Crippen MR) is 85.0 cm³/mol. The summed E-state index contributed by atoms with van der Waals surface area (Å²) in [6.07, 6.45) is 3.48. The van der Waals surface area contributed by atoms with E-state index in [1.807, 2.05) is 24.3 Å². The lowest BCUT2D eigenvalue weighted by Gasteiger charge is -2.20. The lowest BCUT2D eigenvalue weighted by atomic mass is 9.88. The number of carbonyl (C=O) groups is 1. The van der Waals surface area contributed by atoms with Crippen LogP contribution in [0.1, 0.15) is 63.7 Å². The molecule has 0 radical (unpaired) electrons. The van der Waals surface area contributed by atoms with E-state index >= 15 is 0 Å². The second kappa shape index (κ2) is 8.18. The fourth-order valence-electron chi connectivity index (χ4n) is 2.18. The van der Waals surface area contributed by atoms with Crippen LogP contribution in [-0.2, 0) is 16.0 Å². The number of aryl methyl sites for hydroxylation is 1. The van der Waals surface area contributed by atoms with E-state index in [1.165, 1.54) is 12.7 Å². The molecule has 0 spiro atoms. The highest BCUT2D eigenvalue weighted by Gasteiger charge is 2.14. The summed E-state index contributed by atoms with van der Waals surface area (Å²) >= 11 is 0. The molecule has 1 aromatic rings. The smallest absolute Gasteiger partial charge is 0.305 e. The summed E-state index contributed by atoms with van der Waals surface area (Å²) in [6.45, 7) is 6.55. The van der Waals surface area contributed by atoms with Crippen molar-refractivity contribution in [2.75, 3.05) is 7.11 Å². The quantitative estimate of drug-likeness (QED) is 0.771. The molecule has 0 aromatic heterocycles. The molecule has 0 aliphatic carbocycles. The predicted octanol–water partition coefficient (Wildman–Crippen LogP) is 4.04. The Kier molecular flexibility index (Phi) is 6.90. The van der Waals surface area contributed by atoms with Crippen LogP contribution in [0.2, 0.25) is 0 Å². The van der Waals surface area contributed by atoms with Gasteiger partial charge in [-0.3, -0.25) is 4.79 Å². The van der Waals surface area contributed by atoms with Crippen LogP contribution in [0.15, 0.2) is 24.3 Å². The monoisotopic (exact) mass is 292 g/mol. The normalized spacial score (nSPS) is 13.0. The Hall–Kier alpha value is -1.35. The Morgan fingerprint density at radius 1 is 1.24 bits per heavy atom. The van der Waals surface area contributed by atoms with E-state index in [-0.39, 0.29) is 11.4 Å². The molecule has 1 rings (SSSR count). The van der Waals surface area contributed by atoms with E-state index in [0.29, 0.717) is 6.42 Å². The van der Waals surface area contributed by atoms with Crippen molar-refractivity contribution in [2.24, 2.45) is 5.41 Å². The van der Waals surface area contributed by atoms with Gasteiger partial charge in [-0.05, 0) is 42.2 Å². The molecule has 0 bridgehead atoms. The summed E-state index contributed by atoms with van der Waals surface area (Å²) in [4.78, 5) is 11.0. The summed E-state index contributed by atoms with van der Waals surface area (Å²) < 4.78 is 4.62. The van der Waals surface area contributed by atoms with Crippen LogP contribution in [0.25, 0.3) is 0 Å². The van der Waals surface area contributed by atoms with Crippen LogP contribution >= 0.6 is 0 Å². The van der Waals surface area contributed by atoms with Gasteiger partial charge < -0.3 is 9.84 Å². The van der Waals surface area contributed by atoms with Gasteiger partial charge in [0.15, 0.2) is 0 Å². The average Bonchev–Trinajstić information content (AvgIpc) is 2.44. The molecule has 21 heavy (non-hydrogen) atoms. The lowest BCUT2D eigenvalue weighted by molar-refractivity contribution is -0.140. The molecule has 0 aliphatic rings. The van der Waals surface area contributed by atoms with Crippen LogP contribution in [0.3, 0.4) is 0 Å². The van der Waals surface area contributed by atoms with E-state index < -0.39 is 6.10 Å². The minimum Gasteiger partial charge on any atom is -0.469 e. The Morgan fingerprint density at radius 2 is 1.86 bits per heavy atom. The van der Waals surface area contributed by atoms with Crippen molar-refractivity contribution in [1.82, 2.24) is 0 Å². The molecule has 3 heteroatoms. The summed E-state index contributed by atoms with van der Waals surface area (Å²) in [6, 6.07) is 8.04. The first kappa shape index (κ1) is 17.7. The van der Waals surface area contributed by atoms with Crippen molar-refractivity contribution >= 4 is 5.97 Å². The van der Waals surface area contributed by atoms with E-state index in [0.717, 1.165) is 31.2 Å². The molecule has 0 aliphatic heterocycles. The van der Waals surface area contributed by atoms with Crippen LogP contribution in [0.4, 0.5) is 0 Å². The van der Waals surface area contributed by atoms with Crippen LogP contribution in [-0.4, -0.2) is 18.2 Å². The van der Waals surface area contributed by atoms with Gasteiger partial charge in [0.25, 0.3) is 0 Å². The van der Waals surface area contributed by atoms with Crippen molar-refractivity contribution < 1.29 is 14.6 Å². The van der Waals surface area contributed by atoms with E-state index in [2.05, 4.69) is 25.5 Å². The molecule has 1 unspecified atom stereocenters. The number of carbonyl (C=O) groups excluding carboxylic acids is 1. The van der Waals surface area contributed by atoms with E-state index in [9.17, 15) is 9.90 Å².